The Labute approximate surface area is 173 Å². The molecule has 7 heteroatoms. The van der Waals surface area contributed by atoms with Crippen LogP contribution in [-0.2, 0) is 0 Å². The van der Waals surface area contributed by atoms with Gasteiger partial charge in [0.15, 0.2) is 0 Å². The quantitative estimate of drug-likeness (QED) is 0.579. The number of benzene rings is 2. The van der Waals surface area contributed by atoms with E-state index in [1.165, 1.54) is 7.11 Å². The average molecular weight is 457 g/mol. The summed E-state index contributed by atoms with van der Waals surface area (Å²) in [5.74, 6) is -1.30. The molecule has 0 bridgehead atoms. The van der Waals surface area contributed by atoms with Gasteiger partial charge in [-0.15, -0.1) is 0 Å². The Hall–Kier alpha value is -2.72. The van der Waals surface area contributed by atoms with Crippen molar-refractivity contribution in [2.24, 2.45) is 0 Å². The van der Waals surface area contributed by atoms with Crippen molar-refractivity contribution in [1.82, 2.24) is 4.98 Å². The van der Waals surface area contributed by atoms with Gasteiger partial charge in [0, 0.05) is 0 Å². The van der Waals surface area contributed by atoms with Crippen molar-refractivity contribution >= 4 is 30.6 Å². The summed E-state index contributed by atoms with van der Waals surface area (Å²) in [6, 6.07) is 10.7. The van der Waals surface area contributed by atoms with Crippen molar-refractivity contribution in [2.45, 2.75) is 18.8 Å². The zero-order valence-electron chi connectivity index (χ0n) is 15.6. The SMILES string of the molecule is COc1cccc(-c2cc(F)c([AsH]c3ncc(C4CC4)cc3C(=O)O)cc2F)c1. The van der Waals surface area contributed by atoms with Crippen molar-refractivity contribution in [3.8, 4) is 16.9 Å². The van der Waals surface area contributed by atoms with Crippen LogP contribution >= 0.6 is 0 Å². The summed E-state index contributed by atoms with van der Waals surface area (Å²) >= 11 is -1.46. The molecule has 0 radical (unpaired) electrons. The standard InChI is InChI=1S/C22H18AsF2NO3/c1-29-15-4-2-3-13(7-15)16-9-20(25)18(10-19(16)24)23-21-17(22(27)28)8-14(11-26-21)12-5-6-12/h2-4,7-12,23H,5-6H2,1H3,(H,27,28). The monoisotopic (exact) mass is 457 g/mol. The predicted molar refractivity (Wildman–Crippen MR) is 108 cm³/mol. The Morgan fingerprint density at radius 1 is 1.17 bits per heavy atom. The summed E-state index contributed by atoms with van der Waals surface area (Å²) in [4.78, 5) is 16.0. The van der Waals surface area contributed by atoms with E-state index in [0.29, 0.717) is 21.7 Å². The van der Waals surface area contributed by atoms with Crippen LogP contribution in [0.25, 0.3) is 11.1 Å². The zero-order valence-corrected chi connectivity index (χ0v) is 17.7. The summed E-state index contributed by atoms with van der Waals surface area (Å²) in [6.07, 6.45) is 3.73. The van der Waals surface area contributed by atoms with Crippen molar-refractivity contribution < 1.29 is 23.4 Å². The minimum atomic E-state index is -1.46. The van der Waals surface area contributed by atoms with E-state index in [1.54, 1.807) is 36.5 Å². The third-order valence-electron chi connectivity index (χ3n) is 4.88. The normalized spacial score (nSPS) is 13.8. The maximum absolute atomic E-state index is 14.8. The van der Waals surface area contributed by atoms with Crippen LogP contribution in [-0.4, -0.2) is 38.9 Å². The summed E-state index contributed by atoms with van der Waals surface area (Å²) in [5.41, 5.74) is 1.63. The number of aromatic nitrogens is 1. The molecule has 1 aliphatic rings. The van der Waals surface area contributed by atoms with Crippen LogP contribution < -0.4 is 13.6 Å². The second-order valence-corrected chi connectivity index (χ2v) is 9.56. The van der Waals surface area contributed by atoms with E-state index in [2.05, 4.69) is 4.98 Å². The van der Waals surface area contributed by atoms with Crippen LogP contribution in [0.4, 0.5) is 8.78 Å². The summed E-state index contributed by atoms with van der Waals surface area (Å²) in [6.45, 7) is 0. The third kappa shape index (κ3) is 4.18. The number of carbonyl (C=O) groups is 1. The van der Waals surface area contributed by atoms with Gasteiger partial charge in [-0.1, -0.05) is 0 Å². The molecule has 29 heavy (non-hydrogen) atoms. The first kappa shape index (κ1) is 19.6. The second kappa shape index (κ2) is 7.96. The molecule has 1 atom stereocenters. The fraction of sp³-hybridized carbons (Fsp3) is 0.182. The summed E-state index contributed by atoms with van der Waals surface area (Å²) < 4.78 is 35.2. The van der Waals surface area contributed by atoms with Gasteiger partial charge in [-0.25, -0.2) is 0 Å². The van der Waals surface area contributed by atoms with Gasteiger partial charge >= 0.3 is 173 Å². The maximum atomic E-state index is 14.8. The van der Waals surface area contributed by atoms with Gasteiger partial charge in [-0.05, 0) is 0 Å². The van der Waals surface area contributed by atoms with Gasteiger partial charge in [0.05, 0.1) is 0 Å². The zero-order chi connectivity index (χ0) is 20.5. The van der Waals surface area contributed by atoms with E-state index in [1.807, 2.05) is 0 Å². The molecule has 4 rings (SSSR count). The number of pyridine rings is 1. The van der Waals surface area contributed by atoms with E-state index in [4.69, 9.17) is 4.74 Å². The number of halogens is 2. The number of methoxy groups -OCH3 is 1. The molecule has 0 aliphatic heterocycles. The molecule has 0 saturated heterocycles. The van der Waals surface area contributed by atoms with Crippen molar-refractivity contribution in [2.75, 3.05) is 7.11 Å². The van der Waals surface area contributed by atoms with Crippen LogP contribution in [0.2, 0.25) is 0 Å². The first-order chi connectivity index (χ1) is 14.0. The molecule has 4 nitrogen and oxygen atoms in total. The molecule has 0 spiro atoms. The fourth-order valence-electron chi connectivity index (χ4n) is 3.17. The molecule has 2 aromatic carbocycles. The number of carboxylic acid groups (broad SMARTS) is 1. The van der Waals surface area contributed by atoms with E-state index < -0.39 is 33.4 Å². The molecule has 1 aliphatic carbocycles. The van der Waals surface area contributed by atoms with E-state index in [0.717, 1.165) is 30.5 Å². The molecule has 3 aromatic rings. The first-order valence-electron chi connectivity index (χ1n) is 9.10. The van der Waals surface area contributed by atoms with Crippen LogP contribution in [0.3, 0.4) is 0 Å². The van der Waals surface area contributed by atoms with Gasteiger partial charge in [0.1, 0.15) is 0 Å². The molecule has 1 fully saturated rings. The number of carboxylic acids is 1. The molecule has 1 heterocycles. The molecule has 1 N–H and O–H groups in total. The Morgan fingerprint density at radius 3 is 2.66 bits per heavy atom. The van der Waals surface area contributed by atoms with Crippen LogP contribution in [0.5, 0.6) is 5.75 Å². The van der Waals surface area contributed by atoms with Crippen LogP contribution in [0, 0.1) is 11.6 Å². The number of ether oxygens (including phenoxy) is 1. The van der Waals surface area contributed by atoms with E-state index >= 15 is 0 Å². The third-order valence-corrected chi connectivity index (χ3v) is 7.58. The summed E-state index contributed by atoms with van der Waals surface area (Å²) in [7, 11) is 1.51. The van der Waals surface area contributed by atoms with Gasteiger partial charge in [-0.3, -0.25) is 0 Å². The number of hydrogen-bond donors (Lipinski definition) is 1. The van der Waals surface area contributed by atoms with Crippen molar-refractivity contribution in [1.29, 1.82) is 0 Å². The average Bonchev–Trinajstić information content (AvgIpc) is 3.56. The molecule has 1 saturated carbocycles. The number of hydrogen-bond acceptors (Lipinski definition) is 3. The molecular formula is C22H18AsF2NO3. The Morgan fingerprint density at radius 2 is 1.97 bits per heavy atom. The Kier molecular flexibility index (Phi) is 5.37. The fourth-order valence-corrected chi connectivity index (χ4v) is 5.45. The number of nitrogens with zero attached hydrogens (tertiary/aromatic N) is 1. The van der Waals surface area contributed by atoms with Gasteiger partial charge in [-0.2, -0.15) is 0 Å². The molecule has 148 valence electrons. The minimum absolute atomic E-state index is 0.0890. The molecule has 1 aromatic heterocycles. The Bertz CT molecular complexity index is 1100. The number of aromatic carboxylic acids is 1. The molecule has 1 unspecified atom stereocenters. The van der Waals surface area contributed by atoms with Crippen LogP contribution in [0.15, 0.2) is 48.7 Å². The summed E-state index contributed by atoms with van der Waals surface area (Å²) in [5, 5.41) is 9.54. The second-order valence-electron chi connectivity index (χ2n) is 6.91. The molecule has 0 amide bonds. The Balaban J connectivity index is 1.68. The van der Waals surface area contributed by atoms with E-state index in [9.17, 15) is 18.7 Å². The van der Waals surface area contributed by atoms with Gasteiger partial charge in [0.25, 0.3) is 0 Å². The van der Waals surface area contributed by atoms with Crippen molar-refractivity contribution in [3.63, 3.8) is 0 Å². The van der Waals surface area contributed by atoms with Gasteiger partial charge < -0.3 is 0 Å². The van der Waals surface area contributed by atoms with E-state index in [-0.39, 0.29) is 15.5 Å². The van der Waals surface area contributed by atoms with Crippen molar-refractivity contribution in [3.05, 3.63) is 71.4 Å². The predicted octanol–water partition coefficient (Wildman–Crippen LogP) is 3.00. The van der Waals surface area contributed by atoms with Gasteiger partial charge in [0.2, 0.25) is 0 Å². The molecular weight excluding hydrogens is 439 g/mol. The topological polar surface area (TPSA) is 59.4 Å². The first-order valence-corrected chi connectivity index (χ1v) is 11.2. The van der Waals surface area contributed by atoms with Crippen LogP contribution in [0.1, 0.15) is 34.7 Å². The number of rotatable bonds is 6.